The molecule has 0 aliphatic carbocycles. The lowest BCUT2D eigenvalue weighted by molar-refractivity contribution is -0.130. The Balaban J connectivity index is 4.37. The molecular weight excluding hydrogens is 514 g/mol. The van der Waals surface area contributed by atoms with Gasteiger partial charge >= 0.3 is 0 Å². The van der Waals surface area contributed by atoms with Crippen molar-refractivity contribution in [1.82, 2.24) is 5.32 Å². The first-order chi connectivity index (χ1) is 18.7. The molecule has 1 amide bonds. The molecule has 0 fully saturated rings. The molecule has 0 heterocycles. The predicted molar refractivity (Wildman–Crippen MR) is 162 cm³/mol. The van der Waals surface area contributed by atoms with E-state index in [9.17, 15) is 28.0 Å². The number of rotatable bonds is 25. The van der Waals surface area contributed by atoms with E-state index in [2.05, 4.69) is 55.6 Å². The van der Waals surface area contributed by atoms with Gasteiger partial charge in [0.1, 0.15) is 6.10 Å². The van der Waals surface area contributed by atoms with Crippen LogP contribution in [0.1, 0.15) is 117 Å². The summed E-state index contributed by atoms with van der Waals surface area (Å²) in [6.45, 7) is 4.31. The van der Waals surface area contributed by atoms with Gasteiger partial charge in [-0.05, 0) is 64.2 Å². The smallest absolute Gasteiger partial charge is 0.267 e. The van der Waals surface area contributed by atoms with Crippen LogP contribution in [0, 0.1) is 0 Å². The highest BCUT2D eigenvalue weighted by Gasteiger charge is 2.27. The van der Waals surface area contributed by atoms with Gasteiger partial charge in [-0.3, -0.25) is 9.35 Å². The second-order valence-electron chi connectivity index (χ2n) is 10.1. The highest BCUT2D eigenvalue weighted by atomic mass is 32.2. The van der Waals surface area contributed by atoms with E-state index < -0.39 is 40.0 Å². The van der Waals surface area contributed by atoms with E-state index in [1.54, 1.807) is 6.08 Å². The molecule has 0 saturated carbocycles. The van der Waals surface area contributed by atoms with Crippen molar-refractivity contribution in [3.63, 3.8) is 0 Å². The Morgan fingerprint density at radius 1 is 0.718 bits per heavy atom. The largest absolute Gasteiger partial charge is 0.387 e. The molecule has 0 spiro atoms. The number of aliphatic hydroxyl groups excluding tert-OH is 2. The summed E-state index contributed by atoms with van der Waals surface area (Å²) in [6.07, 6.45) is 29.0. The lowest BCUT2D eigenvalue weighted by atomic mass is 10.1. The zero-order chi connectivity index (χ0) is 29.2. The standard InChI is InChI=1S/C31H55NO6S/c1-3-5-7-9-11-13-15-16-18-20-22-24-26-30(34)31(35)32-28(27-39(36,37)38)29(33)25-23-21-19-17-14-12-10-8-6-4-2/h6,8,14,16-18,23,25,28-30,33-34H,3-5,7,9-13,15,19-22,24,26-27H2,1-2H3,(H,32,35)(H,36,37,38)/b8-6+,17-14+,18-16-,25-23+. The van der Waals surface area contributed by atoms with E-state index in [1.165, 1.54) is 44.6 Å². The van der Waals surface area contributed by atoms with Gasteiger partial charge in [0.25, 0.3) is 10.1 Å². The second-order valence-corrected chi connectivity index (χ2v) is 11.6. The number of hydrogen-bond acceptors (Lipinski definition) is 5. The zero-order valence-electron chi connectivity index (χ0n) is 24.3. The van der Waals surface area contributed by atoms with Crippen LogP contribution in [0.3, 0.4) is 0 Å². The summed E-state index contributed by atoms with van der Waals surface area (Å²) in [5.41, 5.74) is 0. The van der Waals surface area contributed by atoms with Crippen molar-refractivity contribution in [2.75, 3.05) is 5.75 Å². The Labute approximate surface area is 238 Å². The van der Waals surface area contributed by atoms with Gasteiger partial charge in [-0.25, -0.2) is 0 Å². The third kappa shape index (κ3) is 25.0. The van der Waals surface area contributed by atoms with Crippen molar-refractivity contribution in [1.29, 1.82) is 0 Å². The van der Waals surface area contributed by atoms with Crippen molar-refractivity contribution in [2.24, 2.45) is 0 Å². The number of amides is 1. The van der Waals surface area contributed by atoms with Gasteiger partial charge in [0, 0.05) is 0 Å². The summed E-state index contributed by atoms with van der Waals surface area (Å²) >= 11 is 0. The molecule has 0 aromatic heterocycles. The van der Waals surface area contributed by atoms with Crippen LogP contribution in [0.2, 0.25) is 0 Å². The fourth-order valence-corrected chi connectivity index (χ4v) is 4.75. The van der Waals surface area contributed by atoms with Crippen molar-refractivity contribution >= 4 is 16.0 Å². The van der Waals surface area contributed by atoms with Crippen LogP contribution in [0.4, 0.5) is 0 Å². The molecule has 3 atom stereocenters. The number of aliphatic hydroxyl groups is 2. The molecule has 39 heavy (non-hydrogen) atoms. The van der Waals surface area contributed by atoms with E-state index in [-0.39, 0.29) is 6.42 Å². The molecule has 226 valence electrons. The summed E-state index contributed by atoms with van der Waals surface area (Å²) in [4.78, 5) is 12.4. The average Bonchev–Trinajstić information content (AvgIpc) is 2.88. The number of unbranched alkanes of at least 4 members (excludes halogenated alkanes) is 10. The Hall–Kier alpha value is -1.74. The highest BCUT2D eigenvalue weighted by molar-refractivity contribution is 7.85. The molecule has 0 bridgehead atoms. The van der Waals surface area contributed by atoms with Gasteiger partial charge in [-0.1, -0.05) is 101 Å². The fourth-order valence-electron chi connectivity index (χ4n) is 4.02. The van der Waals surface area contributed by atoms with Gasteiger partial charge in [-0.15, -0.1) is 0 Å². The molecule has 0 aliphatic rings. The van der Waals surface area contributed by atoms with Gasteiger partial charge in [-0.2, -0.15) is 8.42 Å². The third-order valence-electron chi connectivity index (χ3n) is 6.32. The van der Waals surface area contributed by atoms with Crippen LogP contribution in [0.25, 0.3) is 0 Å². The van der Waals surface area contributed by atoms with Crippen LogP contribution < -0.4 is 5.32 Å². The molecule has 3 unspecified atom stereocenters. The normalized spacial score (nSPS) is 15.1. The van der Waals surface area contributed by atoms with Gasteiger partial charge in [0.05, 0.1) is 17.9 Å². The van der Waals surface area contributed by atoms with E-state index >= 15 is 0 Å². The summed E-state index contributed by atoms with van der Waals surface area (Å²) < 4.78 is 32.1. The first-order valence-corrected chi connectivity index (χ1v) is 16.6. The van der Waals surface area contributed by atoms with Gasteiger partial charge < -0.3 is 15.5 Å². The monoisotopic (exact) mass is 569 g/mol. The summed E-state index contributed by atoms with van der Waals surface area (Å²) in [5.74, 6) is -1.60. The van der Waals surface area contributed by atoms with Crippen LogP contribution in [0.15, 0.2) is 48.6 Å². The van der Waals surface area contributed by atoms with E-state index in [0.29, 0.717) is 12.8 Å². The molecule has 0 aliphatic heterocycles. The maximum Gasteiger partial charge on any atom is 0.267 e. The maximum absolute atomic E-state index is 12.4. The van der Waals surface area contributed by atoms with Crippen molar-refractivity contribution in [3.8, 4) is 0 Å². The van der Waals surface area contributed by atoms with Crippen LogP contribution in [-0.4, -0.2) is 53.1 Å². The Kier molecular flexibility index (Phi) is 24.1. The van der Waals surface area contributed by atoms with Crippen LogP contribution >= 0.6 is 0 Å². The first-order valence-electron chi connectivity index (χ1n) is 14.9. The van der Waals surface area contributed by atoms with Crippen molar-refractivity contribution in [3.05, 3.63) is 48.6 Å². The second kappa shape index (κ2) is 25.2. The maximum atomic E-state index is 12.4. The Morgan fingerprint density at radius 3 is 1.82 bits per heavy atom. The quantitative estimate of drug-likeness (QED) is 0.0559. The molecular formula is C31H55NO6S. The predicted octanol–water partition coefficient (Wildman–Crippen LogP) is 6.59. The molecule has 0 saturated heterocycles. The molecule has 0 aromatic carbocycles. The number of nitrogens with one attached hydrogen (secondary N) is 1. The number of hydrogen-bond donors (Lipinski definition) is 4. The summed E-state index contributed by atoms with van der Waals surface area (Å²) in [7, 11) is -4.45. The molecule has 7 nitrogen and oxygen atoms in total. The molecule has 0 rings (SSSR count). The minimum absolute atomic E-state index is 0.238. The topological polar surface area (TPSA) is 124 Å². The number of carbonyl (C=O) groups excluding carboxylic acids is 1. The van der Waals surface area contributed by atoms with Gasteiger partial charge in [0.15, 0.2) is 0 Å². The summed E-state index contributed by atoms with van der Waals surface area (Å²) in [5, 5.41) is 23.0. The highest BCUT2D eigenvalue weighted by Crippen LogP contribution is 2.10. The number of carbonyl (C=O) groups is 1. The molecule has 8 heteroatoms. The lowest BCUT2D eigenvalue weighted by Gasteiger charge is -2.22. The lowest BCUT2D eigenvalue weighted by Crippen LogP contribution is -2.50. The van der Waals surface area contributed by atoms with E-state index in [4.69, 9.17) is 0 Å². The molecule has 4 N–H and O–H groups in total. The number of allylic oxidation sites excluding steroid dienone is 7. The minimum atomic E-state index is -4.45. The molecule has 0 radical (unpaired) electrons. The SMILES string of the molecule is CC/C=C/CC/C=C/CC/C=C/C(O)C(CS(=O)(=O)O)NC(=O)C(O)CCCC/C=C\CCCCCCCC. The zero-order valence-corrected chi connectivity index (χ0v) is 25.2. The van der Waals surface area contributed by atoms with Crippen LogP contribution in [-0.2, 0) is 14.9 Å². The fraction of sp³-hybridized carbons (Fsp3) is 0.710. The van der Waals surface area contributed by atoms with Crippen molar-refractivity contribution < 1.29 is 28.0 Å². The van der Waals surface area contributed by atoms with E-state index in [0.717, 1.165) is 44.9 Å². The summed E-state index contributed by atoms with van der Waals surface area (Å²) in [6, 6.07) is -1.26. The van der Waals surface area contributed by atoms with E-state index in [1.807, 2.05) is 0 Å². The Bertz CT molecular complexity index is 819. The van der Waals surface area contributed by atoms with Crippen LogP contribution in [0.5, 0.6) is 0 Å². The molecule has 0 aromatic rings. The van der Waals surface area contributed by atoms with Crippen molar-refractivity contribution in [2.45, 2.75) is 135 Å². The first kappa shape index (κ1) is 37.3. The Morgan fingerprint density at radius 2 is 1.23 bits per heavy atom. The van der Waals surface area contributed by atoms with Gasteiger partial charge in [0.2, 0.25) is 5.91 Å². The minimum Gasteiger partial charge on any atom is -0.387 e. The third-order valence-corrected chi connectivity index (χ3v) is 7.10. The average molecular weight is 570 g/mol.